The minimum Gasteiger partial charge on any atom is -0.298 e. The van der Waals surface area contributed by atoms with Crippen molar-refractivity contribution in [2.24, 2.45) is 0 Å². The molecular weight excluding hydrogens is 350 g/mol. The molecule has 2 saturated heterocycles. The molecule has 6 heteroatoms. The monoisotopic (exact) mass is 375 g/mol. The molecule has 2 heterocycles. The lowest BCUT2D eigenvalue weighted by molar-refractivity contribution is -0.123. The fourth-order valence-electron chi connectivity index (χ4n) is 4.62. The van der Waals surface area contributed by atoms with Gasteiger partial charge < -0.3 is 0 Å². The van der Waals surface area contributed by atoms with E-state index in [1.807, 2.05) is 0 Å². The minimum absolute atomic E-state index is 0.0940. The van der Waals surface area contributed by atoms with Crippen molar-refractivity contribution >= 4 is 29.1 Å². The van der Waals surface area contributed by atoms with E-state index in [2.05, 4.69) is 9.80 Å². The van der Waals surface area contributed by atoms with Crippen LogP contribution in [0.4, 0.5) is 5.69 Å². The molecule has 0 aromatic heterocycles. The lowest BCUT2D eigenvalue weighted by Gasteiger charge is -2.42. The summed E-state index contributed by atoms with van der Waals surface area (Å²) in [6.07, 6.45) is 6.96. The third-order valence-electron chi connectivity index (χ3n) is 6.09. The molecule has 1 atom stereocenters. The van der Waals surface area contributed by atoms with E-state index in [4.69, 9.17) is 11.6 Å². The minimum atomic E-state index is -0.313. The van der Waals surface area contributed by atoms with Crippen LogP contribution in [-0.2, 0) is 9.59 Å². The van der Waals surface area contributed by atoms with Gasteiger partial charge in [-0.3, -0.25) is 19.4 Å². The average molecular weight is 376 g/mol. The summed E-state index contributed by atoms with van der Waals surface area (Å²) in [6.45, 7) is 3.75. The van der Waals surface area contributed by atoms with Crippen LogP contribution in [-0.4, -0.2) is 59.9 Å². The van der Waals surface area contributed by atoms with Crippen LogP contribution in [0.5, 0.6) is 0 Å². The van der Waals surface area contributed by atoms with Crippen molar-refractivity contribution in [3.8, 4) is 0 Å². The Kier molecular flexibility index (Phi) is 5.30. The summed E-state index contributed by atoms with van der Waals surface area (Å²) in [5.74, 6) is -0.208. The largest absolute Gasteiger partial charge is 0.298 e. The van der Waals surface area contributed by atoms with E-state index in [-0.39, 0.29) is 24.3 Å². The van der Waals surface area contributed by atoms with Crippen LogP contribution in [0.3, 0.4) is 0 Å². The van der Waals surface area contributed by atoms with Crippen molar-refractivity contribution in [1.29, 1.82) is 0 Å². The number of nitrogens with zero attached hydrogens (tertiary/aromatic N) is 3. The van der Waals surface area contributed by atoms with Gasteiger partial charge in [0.15, 0.2) is 0 Å². The number of carbonyl (C=O) groups excluding carboxylic acids is 2. The van der Waals surface area contributed by atoms with Crippen molar-refractivity contribution in [2.45, 2.75) is 50.6 Å². The van der Waals surface area contributed by atoms with Gasteiger partial charge in [0.25, 0.3) is 5.91 Å². The van der Waals surface area contributed by atoms with Crippen LogP contribution in [0.25, 0.3) is 0 Å². The predicted octanol–water partition coefficient (Wildman–Crippen LogP) is 2.92. The van der Waals surface area contributed by atoms with Crippen molar-refractivity contribution in [2.75, 3.05) is 31.1 Å². The fourth-order valence-corrected chi connectivity index (χ4v) is 4.75. The van der Waals surface area contributed by atoms with E-state index < -0.39 is 0 Å². The number of anilines is 1. The number of halogens is 1. The molecule has 0 bridgehead atoms. The molecule has 2 aliphatic heterocycles. The van der Waals surface area contributed by atoms with E-state index in [0.29, 0.717) is 10.7 Å². The second-order valence-corrected chi connectivity index (χ2v) is 8.06. The Hall–Kier alpha value is -1.43. The highest BCUT2D eigenvalue weighted by atomic mass is 35.5. The van der Waals surface area contributed by atoms with Gasteiger partial charge in [-0.25, -0.2) is 4.90 Å². The topological polar surface area (TPSA) is 43.9 Å². The number of piperazine rings is 1. The van der Waals surface area contributed by atoms with Gasteiger partial charge in [-0.2, -0.15) is 0 Å². The lowest BCUT2D eigenvalue weighted by atomic mass is 9.93. The van der Waals surface area contributed by atoms with Crippen LogP contribution in [0.15, 0.2) is 24.3 Å². The maximum atomic E-state index is 12.9. The van der Waals surface area contributed by atoms with E-state index in [1.54, 1.807) is 24.3 Å². The molecule has 4 rings (SSSR count). The van der Waals surface area contributed by atoms with Gasteiger partial charge in [-0.15, -0.1) is 0 Å². The van der Waals surface area contributed by atoms with Crippen LogP contribution >= 0.6 is 11.6 Å². The normalized spacial score (nSPS) is 26.7. The highest BCUT2D eigenvalue weighted by molar-refractivity contribution is 6.30. The van der Waals surface area contributed by atoms with Gasteiger partial charge in [-0.05, 0) is 37.1 Å². The summed E-state index contributed by atoms with van der Waals surface area (Å²) in [5.41, 5.74) is 0.618. The van der Waals surface area contributed by atoms with Crippen molar-refractivity contribution < 1.29 is 9.59 Å². The van der Waals surface area contributed by atoms with Gasteiger partial charge in [0.05, 0.1) is 18.2 Å². The number of amides is 2. The van der Waals surface area contributed by atoms with E-state index in [9.17, 15) is 9.59 Å². The van der Waals surface area contributed by atoms with E-state index in [1.165, 1.54) is 37.0 Å². The predicted molar refractivity (Wildman–Crippen MR) is 102 cm³/mol. The lowest BCUT2D eigenvalue weighted by Crippen LogP contribution is -2.55. The number of hydrogen-bond donors (Lipinski definition) is 0. The molecule has 1 saturated carbocycles. The van der Waals surface area contributed by atoms with Crippen LogP contribution in [0.2, 0.25) is 5.02 Å². The maximum absolute atomic E-state index is 12.9. The molecule has 3 fully saturated rings. The van der Waals surface area contributed by atoms with Gasteiger partial charge in [0.1, 0.15) is 0 Å². The first kappa shape index (κ1) is 18.0. The quantitative estimate of drug-likeness (QED) is 0.762. The molecule has 3 aliphatic rings. The molecule has 0 spiro atoms. The van der Waals surface area contributed by atoms with Gasteiger partial charge in [0, 0.05) is 37.2 Å². The highest BCUT2D eigenvalue weighted by Gasteiger charge is 2.43. The molecule has 0 unspecified atom stereocenters. The number of carbonyl (C=O) groups is 2. The number of hydrogen-bond acceptors (Lipinski definition) is 4. The third kappa shape index (κ3) is 3.53. The van der Waals surface area contributed by atoms with Crippen molar-refractivity contribution in [3.63, 3.8) is 0 Å². The zero-order chi connectivity index (χ0) is 18.1. The van der Waals surface area contributed by atoms with Crippen molar-refractivity contribution in [3.05, 3.63) is 29.3 Å². The number of rotatable bonds is 3. The van der Waals surface area contributed by atoms with Gasteiger partial charge in [0.2, 0.25) is 5.91 Å². The summed E-state index contributed by atoms with van der Waals surface area (Å²) in [4.78, 5) is 31.5. The molecule has 140 valence electrons. The molecule has 0 radical (unpaired) electrons. The average Bonchev–Trinajstić information content (AvgIpc) is 2.98. The van der Waals surface area contributed by atoms with Crippen molar-refractivity contribution in [1.82, 2.24) is 9.80 Å². The maximum Gasteiger partial charge on any atom is 0.251 e. The first-order valence-corrected chi connectivity index (χ1v) is 10.1. The highest BCUT2D eigenvalue weighted by Crippen LogP contribution is 2.28. The molecule has 5 nitrogen and oxygen atoms in total. The summed E-state index contributed by atoms with van der Waals surface area (Å²) < 4.78 is 0. The first-order valence-electron chi connectivity index (χ1n) is 9.74. The summed E-state index contributed by atoms with van der Waals surface area (Å²) in [5, 5.41) is 0.600. The third-order valence-corrected chi connectivity index (χ3v) is 6.34. The smallest absolute Gasteiger partial charge is 0.251 e. The second-order valence-electron chi connectivity index (χ2n) is 7.63. The number of imide groups is 1. The Morgan fingerprint density at radius 2 is 1.46 bits per heavy atom. The number of benzene rings is 1. The Morgan fingerprint density at radius 1 is 0.846 bits per heavy atom. The van der Waals surface area contributed by atoms with Crippen LogP contribution in [0, 0.1) is 0 Å². The Labute approximate surface area is 159 Å². The molecule has 1 aromatic rings. The van der Waals surface area contributed by atoms with E-state index >= 15 is 0 Å². The zero-order valence-corrected chi connectivity index (χ0v) is 15.8. The SMILES string of the molecule is O=C1C[C@@H](N2CCN(C3CCCCC3)CC2)C(=O)N1c1ccc(Cl)cc1. The summed E-state index contributed by atoms with van der Waals surface area (Å²) >= 11 is 5.92. The molecule has 1 aromatic carbocycles. The second kappa shape index (κ2) is 7.67. The Balaban J connectivity index is 1.39. The summed E-state index contributed by atoms with van der Waals surface area (Å²) in [6, 6.07) is 7.31. The fraction of sp³-hybridized carbons (Fsp3) is 0.600. The van der Waals surface area contributed by atoms with Gasteiger partial charge in [-0.1, -0.05) is 30.9 Å². The Morgan fingerprint density at radius 3 is 2.12 bits per heavy atom. The molecule has 2 amide bonds. The molecular formula is C20H26ClN3O2. The zero-order valence-electron chi connectivity index (χ0n) is 15.1. The van der Waals surface area contributed by atoms with Gasteiger partial charge >= 0.3 is 0 Å². The van der Waals surface area contributed by atoms with Crippen LogP contribution in [0.1, 0.15) is 38.5 Å². The molecule has 26 heavy (non-hydrogen) atoms. The molecule has 1 aliphatic carbocycles. The molecule has 0 N–H and O–H groups in total. The standard InChI is InChI=1S/C20H26ClN3O2/c21-15-6-8-17(9-7-15)24-19(25)14-18(20(24)26)23-12-10-22(11-13-23)16-4-2-1-3-5-16/h6-9,16,18H,1-5,10-14H2/t18-/m1/s1. The van der Waals surface area contributed by atoms with Crippen LogP contribution < -0.4 is 4.90 Å². The summed E-state index contributed by atoms with van der Waals surface area (Å²) in [7, 11) is 0. The Bertz CT molecular complexity index is 664. The first-order chi connectivity index (χ1) is 12.6. The van der Waals surface area contributed by atoms with E-state index in [0.717, 1.165) is 32.2 Å².